The predicted molar refractivity (Wildman–Crippen MR) is 88.2 cm³/mol. The molecule has 0 aliphatic rings. The van der Waals surface area contributed by atoms with E-state index in [1.807, 2.05) is 13.8 Å². The van der Waals surface area contributed by atoms with Gasteiger partial charge in [0.25, 0.3) is 11.8 Å². The number of fused-ring (bicyclic) bond motifs is 1. The summed E-state index contributed by atoms with van der Waals surface area (Å²) in [4.78, 5) is 36.8. The van der Waals surface area contributed by atoms with Crippen LogP contribution in [-0.4, -0.2) is 26.8 Å². The Balaban J connectivity index is 1.74. The summed E-state index contributed by atoms with van der Waals surface area (Å²) in [5, 5.41) is 0. The van der Waals surface area contributed by atoms with E-state index in [0.717, 1.165) is 11.4 Å². The average Bonchev–Trinajstić information content (AvgIpc) is 2.60. The molecule has 7 heteroatoms. The summed E-state index contributed by atoms with van der Waals surface area (Å²) in [6.45, 7) is 3.75. The van der Waals surface area contributed by atoms with Crippen LogP contribution in [0.5, 0.6) is 0 Å². The minimum atomic E-state index is -0.441. The number of aryl methyl sites for hydroxylation is 2. The molecule has 2 amide bonds. The molecule has 7 nitrogen and oxygen atoms in total. The lowest BCUT2D eigenvalue weighted by Crippen LogP contribution is -2.41. The van der Waals surface area contributed by atoms with E-state index in [2.05, 4.69) is 25.8 Å². The van der Waals surface area contributed by atoms with E-state index >= 15 is 0 Å². The summed E-state index contributed by atoms with van der Waals surface area (Å²) < 4.78 is 0. The Hall–Kier alpha value is -3.35. The van der Waals surface area contributed by atoms with E-state index in [-0.39, 0.29) is 0 Å². The fourth-order valence-electron chi connectivity index (χ4n) is 2.13. The fraction of sp³-hybridized carbons (Fsp3) is 0.118. The molecule has 0 fully saturated rings. The normalized spacial score (nSPS) is 10.4. The Bertz CT molecular complexity index is 925. The third-order valence-corrected chi connectivity index (χ3v) is 3.55. The average molecular weight is 321 g/mol. The first-order chi connectivity index (χ1) is 11.5. The maximum Gasteiger partial charge on any atom is 0.271 e. The smallest absolute Gasteiger partial charge is 0.267 e. The second-order valence-corrected chi connectivity index (χ2v) is 5.25. The standard InChI is InChI=1S/C17H15N5O2/c1-10-11(2)20-15-8-12(5-6-14(15)19-10)16(23)21-22-17(24)13-4-3-7-18-9-13/h3-9H,1-2H3,(H,21,23)(H,22,24). The minimum Gasteiger partial charge on any atom is -0.267 e. The molecule has 2 aromatic heterocycles. The number of carbonyl (C=O) groups excluding carboxylic acids is 2. The number of carbonyl (C=O) groups is 2. The molecule has 3 rings (SSSR count). The molecule has 2 N–H and O–H groups in total. The second kappa shape index (κ2) is 6.41. The summed E-state index contributed by atoms with van der Waals surface area (Å²) in [5.41, 5.74) is 8.47. The zero-order chi connectivity index (χ0) is 17.1. The van der Waals surface area contributed by atoms with Crippen molar-refractivity contribution in [2.75, 3.05) is 0 Å². The number of pyridine rings is 1. The summed E-state index contributed by atoms with van der Waals surface area (Å²) in [6.07, 6.45) is 2.98. The molecule has 0 saturated heterocycles. The van der Waals surface area contributed by atoms with Crippen molar-refractivity contribution in [1.82, 2.24) is 25.8 Å². The molecule has 0 bridgehead atoms. The lowest BCUT2D eigenvalue weighted by atomic mass is 10.1. The first kappa shape index (κ1) is 15.5. The van der Waals surface area contributed by atoms with Gasteiger partial charge in [-0.3, -0.25) is 25.4 Å². The molecule has 2 heterocycles. The molecule has 0 aliphatic heterocycles. The maximum atomic E-state index is 12.2. The zero-order valence-electron chi connectivity index (χ0n) is 13.2. The van der Waals surface area contributed by atoms with Crippen molar-refractivity contribution in [3.05, 3.63) is 65.2 Å². The maximum absolute atomic E-state index is 12.2. The number of hydrogen-bond donors (Lipinski definition) is 2. The highest BCUT2D eigenvalue weighted by Crippen LogP contribution is 2.14. The molecule has 0 radical (unpaired) electrons. The van der Waals surface area contributed by atoms with Crippen LogP contribution in [0.1, 0.15) is 32.1 Å². The third kappa shape index (κ3) is 3.19. The number of hydrazine groups is 1. The molecule has 1 aromatic carbocycles. The lowest BCUT2D eigenvalue weighted by molar-refractivity contribution is 0.0846. The minimum absolute atomic E-state index is 0.355. The third-order valence-electron chi connectivity index (χ3n) is 3.55. The van der Waals surface area contributed by atoms with Gasteiger partial charge in [-0.25, -0.2) is 9.97 Å². The van der Waals surface area contributed by atoms with Gasteiger partial charge in [-0.05, 0) is 44.2 Å². The molecule has 0 atom stereocenters. The van der Waals surface area contributed by atoms with Crippen molar-refractivity contribution in [2.45, 2.75) is 13.8 Å². The van der Waals surface area contributed by atoms with Crippen LogP contribution in [0.3, 0.4) is 0 Å². The quantitative estimate of drug-likeness (QED) is 0.701. The van der Waals surface area contributed by atoms with Crippen molar-refractivity contribution in [2.24, 2.45) is 0 Å². The van der Waals surface area contributed by atoms with Gasteiger partial charge >= 0.3 is 0 Å². The Morgan fingerprint density at radius 3 is 2.21 bits per heavy atom. The van der Waals surface area contributed by atoms with Gasteiger partial charge in [0.1, 0.15) is 0 Å². The first-order valence-electron chi connectivity index (χ1n) is 7.30. The summed E-state index contributed by atoms with van der Waals surface area (Å²) in [6, 6.07) is 8.25. The van der Waals surface area contributed by atoms with Crippen molar-refractivity contribution < 1.29 is 9.59 Å². The van der Waals surface area contributed by atoms with Crippen molar-refractivity contribution in [3.63, 3.8) is 0 Å². The molecule has 24 heavy (non-hydrogen) atoms. The van der Waals surface area contributed by atoms with Crippen LogP contribution in [0.2, 0.25) is 0 Å². The molecular weight excluding hydrogens is 306 g/mol. The van der Waals surface area contributed by atoms with Gasteiger partial charge < -0.3 is 0 Å². The van der Waals surface area contributed by atoms with Crippen LogP contribution in [0.25, 0.3) is 11.0 Å². The summed E-state index contributed by atoms with van der Waals surface area (Å²) >= 11 is 0. The summed E-state index contributed by atoms with van der Waals surface area (Å²) in [5.74, 6) is -0.877. The monoisotopic (exact) mass is 321 g/mol. The largest absolute Gasteiger partial charge is 0.271 e. The number of nitrogens with zero attached hydrogens (tertiary/aromatic N) is 3. The molecule has 3 aromatic rings. The SMILES string of the molecule is Cc1nc2ccc(C(=O)NNC(=O)c3cccnc3)cc2nc1C. The highest BCUT2D eigenvalue weighted by atomic mass is 16.2. The van der Waals surface area contributed by atoms with Crippen LogP contribution in [0.15, 0.2) is 42.7 Å². The number of nitrogens with one attached hydrogen (secondary N) is 2. The van der Waals surface area contributed by atoms with Gasteiger partial charge in [-0.15, -0.1) is 0 Å². The lowest BCUT2D eigenvalue weighted by Gasteiger charge is -2.08. The zero-order valence-corrected chi connectivity index (χ0v) is 13.2. The highest BCUT2D eigenvalue weighted by molar-refractivity contribution is 6.00. The van der Waals surface area contributed by atoms with E-state index in [9.17, 15) is 9.59 Å². The van der Waals surface area contributed by atoms with Gasteiger partial charge in [0, 0.05) is 18.0 Å². The molecule has 0 unspecified atom stereocenters. The van der Waals surface area contributed by atoms with Gasteiger partial charge in [-0.2, -0.15) is 0 Å². The molecule has 0 aliphatic carbocycles. The number of benzene rings is 1. The van der Waals surface area contributed by atoms with Gasteiger partial charge in [0.2, 0.25) is 0 Å². The Morgan fingerprint density at radius 1 is 0.875 bits per heavy atom. The van der Waals surface area contributed by atoms with E-state index in [0.29, 0.717) is 22.2 Å². The van der Waals surface area contributed by atoms with Crippen LogP contribution in [0.4, 0.5) is 0 Å². The van der Waals surface area contributed by atoms with Crippen molar-refractivity contribution >= 4 is 22.8 Å². The van der Waals surface area contributed by atoms with Crippen molar-refractivity contribution in [3.8, 4) is 0 Å². The van der Waals surface area contributed by atoms with Crippen molar-refractivity contribution in [1.29, 1.82) is 0 Å². The van der Waals surface area contributed by atoms with E-state index < -0.39 is 11.8 Å². The molecule has 0 saturated carbocycles. The summed E-state index contributed by atoms with van der Waals surface area (Å²) in [7, 11) is 0. The van der Waals surface area contributed by atoms with Crippen LogP contribution >= 0.6 is 0 Å². The topological polar surface area (TPSA) is 96.9 Å². The van der Waals surface area contributed by atoms with Crippen LogP contribution < -0.4 is 10.9 Å². The number of rotatable bonds is 2. The first-order valence-corrected chi connectivity index (χ1v) is 7.30. The van der Waals surface area contributed by atoms with E-state index in [1.54, 1.807) is 36.5 Å². The van der Waals surface area contributed by atoms with E-state index in [1.165, 1.54) is 6.20 Å². The fourth-order valence-corrected chi connectivity index (χ4v) is 2.13. The number of amides is 2. The highest BCUT2D eigenvalue weighted by Gasteiger charge is 2.11. The van der Waals surface area contributed by atoms with Gasteiger partial charge in [0.05, 0.1) is 28.0 Å². The Kier molecular flexibility index (Phi) is 4.15. The molecule has 120 valence electrons. The van der Waals surface area contributed by atoms with E-state index in [4.69, 9.17) is 0 Å². The Morgan fingerprint density at radius 2 is 1.54 bits per heavy atom. The van der Waals surface area contributed by atoms with Gasteiger partial charge in [0.15, 0.2) is 0 Å². The molecular formula is C17H15N5O2. The number of aromatic nitrogens is 3. The van der Waals surface area contributed by atoms with Gasteiger partial charge in [-0.1, -0.05) is 0 Å². The van der Waals surface area contributed by atoms with Crippen LogP contribution in [0, 0.1) is 13.8 Å². The predicted octanol–water partition coefficient (Wildman–Crippen LogP) is 1.72. The van der Waals surface area contributed by atoms with Crippen LogP contribution in [-0.2, 0) is 0 Å². The molecule has 0 spiro atoms. The Labute approximate surface area is 138 Å². The number of hydrogen-bond acceptors (Lipinski definition) is 5. The second-order valence-electron chi connectivity index (χ2n) is 5.25.